The third-order valence-corrected chi connectivity index (χ3v) is 3.09. The minimum atomic E-state index is -0.990. The summed E-state index contributed by atoms with van der Waals surface area (Å²) in [6, 6.07) is 5.00. The first-order valence-corrected chi connectivity index (χ1v) is 6.14. The molecule has 4 N–H and O–H groups in total. The normalized spacial score (nSPS) is 10.5. The van der Waals surface area contributed by atoms with Gasteiger partial charge in [-0.2, -0.15) is 0 Å². The molecule has 0 saturated heterocycles. The molecule has 0 bridgehead atoms. The molecule has 0 atom stereocenters. The third kappa shape index (κ3) is 2.65. The second kappa shape index (κ2) is 5.40. The van der Waals surface area contributed by atoms with E-state index in [-0.39, 0.29) is 28.5 Å². The third-order valence-electron chi connectivity index (χ3n) is 3.09. The molecular formula is C15H14F2N2O2. The Morgan fingerprint density at radius 1 is 1.10 bits per heavy atom. The zero-order chi connectivity index (χ0) is 15.7. The average Bonchev–Trinajstić information content (AvgIpc) is 2.41. The highest BCUT2D eigenvalue weighted by atomic mass is 19.1. The van der Waals surface area contributed by atoms with Gasteiger partial charge >= 0.3 is 0 Å². The lowest BCUT2D eigenvalue weighted by molar-refractivity contribution is 0.101. The predicted octanol–water partition coefficient (Wildman–Crippen LogP) is 3.43. The van der Waals surface area contributed by atoms with Crippen molar-refractivity contribution in [2.24, 2.45) is 0 Å². The Morgan fingerprint density at radius 2 is 1.71 bits per heavy atom. The fourth-order valence-corrected chi connectivity index (χ4v) is 2.04. The number of benzene rings is 2. The molecule has 0 aliphatic rings. The molecule has 0 aliphatic carbocycles. The molecule has 0 spiro atoms. The molecule has 0 unspecified atom stereocenters. The fraction of sp³-hybridized carbons (Fsp3) is 0.133. The summed E-state index contributed by atoms with van der Waals surface area (Å²) in [5.41, 5.74) is 11.8. The van der Waals surface area contributed by atoms with E-state index >= 15 is 0 Å². The van der Waals surface area contributed by atoms with Crippen molar-refractivity contribution < 1.29 is 18.3 Å². The van der Waals surface area contributed by atoms with E-state index in [0.717, 1.165) is 12.1 Å². The van der Waals surface area contributed by atoms with Crippen LogP contribution in [-0.2, 0) is 0 Å². The topological polar surface area (TPSA) is 78.3 Å². The number of Topliss-reactive ketones (excluding diaryl/α,β-unsaturated/α-hetero) is 1. The molecule has 0 aliphatic heterocycles. The van der Waals surface area contributed by atoms with E-state index in [0.29, 0.717) is 5.56 Å². The molecule has 4 nitrogen and oxygen atoms in total. The summed E-state index contributed by atoms with van der Waals surface area (Å²) in [5.74, 6) is -2.61. The van der Waals surface area contributed by atoms with E-state index in [9.17, 15) is 13.6 Å². The molecule has 2 aromatic rings. The fourth-order valence-electron chi connectivity index (χ4n) is 2.04. The lowest BCUT2D eigenvalue weighted by Crippen LogP contribution is -2.05. The van der Waals surface area contributed by atoms with Crippen molar-refractivity contribution in [2.45, 2.75) is 13.8 Å². The van der Waals surface area contributed by atoms with Crippen LogP contribution in [0, 0.1) is 18.6 Å². The maximum Gasteiger partial charge on any atom is 0.200 e. The zero-order valence-corrected chi connectivity index (χ0v) is 11.5. The molecule has 2 rings (SSSR count). The van der Waals surface area contributed by atoms with E-state index in [4.69, 9.17) is 16.2 Å². The van der Waals surface area contributed by atoms with Gasteiger partial charge in [-0.05, 0) is 38.1 Å². The summed E-state index contributed by atoms with van der Waals surface area (Å²) in [6.45, 7) is 2.94. The summed E-state index contributed by atoms with van der Waals surface area (Å²) in [5, 5.41) is 0. The van der Waals surface area contributed by atoms with Gasteiger partial charge in [-0.3, -0.25) is 4.79 Å². The lowest BCUT2D eigenvalue weighted by Gasteiger charge is -2.14. The van der Waals surface area contributed by atoms with Gasteiger partial charge in [0.25, 0.3) is 0 Å². The number of hydrogen-bond donors (Lipinski definition) is 2. The van der Waals surface area contributed by atoms with Crippen LogP contribution in [0.25, 0.3) is 0 Å². The van der Waals surface area contributed by atoms with Crippen molar-refractivity contribution in [3.05, 3.63) is 47.0 Å². The number of rotatable bonds is 3. The van der Waals surface area contributed by atoms with Gasteiger partial charge in [0.1, 0.15) is 5.75 Å². The van der Waals surface area contributed by atoms with Crippen LogP contribution in [0.1, 0.15) is 22.8 Å². The summed E-state index contributed by atoms with van der Waals surface area (Å²) in [7, 11) is 0. The van der Waals surface area contributed by atoms with Crippen LogP contribution >= 0.6 is 0 Å². The van der Waals surface area contributed by atoms with Gasteiger partial charge in [-0.25, -0.2) is 8.78 Å². The number of carbonyl (C=O) groups excluding carboxylic acids is 1. The van der Waals surface area contributed by atoms with E-state index in [1.54, 1.807) is 6.92 Å². The zero-order valence-electron chi connectivity index (χ0n) is 11.5. The maximum atomic E-state index is 13.8. The SMILES string of the molecule is CC(=O)c1c(N)ccc(Oc2c(F)ccc(N)c2F)c1C. The molecule has 21 heavy (non-hydrogen) atoms. The standard InChI is InChI=1S/C15H14F2N2O2/c1-7-12(6-5-10(18)13(7)8(2)20)21-15-9(16)3-4-11(19)14(15)17/h3-6H,18-19H2,1-2H3. The number of anilines is 2. The molecular weight excluding hydrogens is 278 g/mol. The molecule has 0 fully saturated rings. The molecule has 0 aromatic heterocycles. The molecule has 2 aromatic carbocycles. The Balaban J connectivity index is 2.54. The summed E-state index contributed by atoms with van der Waals surface area (Å²) in [4.78, 5) is 11.6. The van der Waals surface area contributed by atoms with Gasteiger partial charge in [-0.1, -0.05) is 0 Å². The maximum absolute atomic E-state index is 13.8. The van der Waals surface area contributed by atoms with Gasteiger partial charge in [0.15, 0.2) is 17.4 Å². The Kier molecular flexibility index (Phi) is 3.80. The highest BCUT2D eigenvalue weighted by Gasteiger charge is 2.18. The summed E-state index contributed by atoms with van der Waals surface area (Å²) in [6.07, 6.45) is 0. The first-order chi connectivity index (χ1) is 9.82. The van der Waals surface area contributed by atoms with E-state index in [2.05, 4.69) is 0 Å². The van der Waals surface area contributed by atoms with E-state index in [1.165, 1.54) is 19.1 Å². The average molecular weight is 292 g/mol. The van der Waals surface area contributed by atoms with Crippen LogP contribution in [0.15, 0.2) is 24.3 Å². The van der Waals surface area contributed by atoms with Crippen molar-refractivity contribution in [2.75, 3.05) is 11.5 Å². The van der Waals surface area contributed by atoms with Gasteiger partial charge in [0.05, 0.1) is 5.69 Å². The predicted molar refractivity (Wildman–Crippen MR) is 76.4 cm³/mol. The Hall–Kier alpha value is -2.63. The monoisotopic (exact) mass is 292 g/mol. The highest BCUT2D eigenvalue weighted by Crippen LogP contribution is 2.34. The van der Waals surface area contributed by atoms with Crippen LogP contribution in [0.4, 0.5) is 20.2 Å². The summed E-state index contributed by atoms with van der Waals surface area (Å²) < 4.78 is 32.8. The Labute approximate surface area is 120 Å². The molecule has 110 valence electrons. The van der Waals surface area contributed by atoms with Crippen molar-refractivity contribution >= 4 is 17.2 Å². The quantitative estimate of drug-likeness (QED) is 0.671. The molecule has 0 saturated carbocycles. The molecule has 6 heteroatoms. The van der Waals surface area contributed by atoms with E-state index in [1.807, 2.05) is 0 Å². The number of carbonyl (C=O) groups is 1. The number of ketones is 1. The highest BCUT2D eigenvalue weighted by molar-refractivity contribution is 6.01. The van der Waals surface area contributed by atoms with Crippen molar-refractivity contribution in [1.82, 2.24) is 0 Å². The Bertz CT molecular complexity index is 730. The largest absolute Gasteiger partial charge is 0.451 e. The van der Waals surface area contributed by atoms with Crippen LogP contribution < -0.4 is 16.2 Å². The van der Waals surface area contributed by atoms with Gasteiger partial charge < -0.3 is 16.2 Å². The smallest absolute Gasteiger partial charge is 0.200 e. The van der Waals surface area contributed by atoms with Crippen molar-refractivity contribution in [3.63, 3.8) is 0 Å². The van der Waals surface area contributed by atoms with Crippen LogP contribution in [0.3, 0.4) is 0 Å². The van der Waals surface area contributed by atoms with Crippen LogP contribution in [-0.4, -0.2) is 5.78 Å². The second-order valence-corrected chi connectivity index (χ2v) is 4.59. The molecule has 0 radical (unpaired) electrons. The number of hydrogen-bond acceptors (Lipinski definition) is 4. The first kappa shape index (κ1) is 14.8. The number of nitrogen functional groups attached to an aromatic ring is 2. The second-order valence-electron chi connectivity index (χ2n) is 4.59. The van der Waals surface area contributed by atoms with Crippen molar-refractivity contribution in [3.8, 4) is 11.5 Å². The molecule has 0 amide bonds. The minimum Gasteiger partial charge on any atom is -0.451 e. The van der Waals surface area contributed by atoms with Gasteiger partial charge in [0, 0.05) is 16.8 Å². The van der Waals surface area contributed by atoms with Crippen LogP contribution in [0.5, 0.6) is 11.5 Å². The minimum absolute atomic E-state index is 0.137. The molecule has 0 heterocycles. The van der Waals surface area contributed by atoms with E-state index < -0.39 is 17.4 Å². The van der Waals surface area contributed by atoms with Gasteiger partial charge in [0.2, 0.25) is 5.75 Å². The number of ether oxygens (including phenoxy) is 1. The van der Waals surface area contributed by atoms with Gasteiger partial charge in [-0.15, -0.1) is 0 Å². The summed E-state index contributed by atoms with van der Waals surface area (Å²) >= 11 is 0. The van der Waals surface area contributed by atoms with Crippen LogP contribution in [0.2, 0.25) is 0 Å². The first-order valence-electron chi connectivity index (χ1n) is 6.14. The Morgan fingerprint density at radius 3 is 2.33 bits per heavy atom. The number of halogens is 2. The van der Waals surface area contributed by atoms with Crippen molar-refractivity contribution in [1.29, 1.82) is 0 Å². The lowest BCUT2D eigenvalue weighted by atomic mass is 10.0. The number of nitrogens with two attached hydrogens (primary N) is 2.